The second-order valence-electron chi connectivity index (χ2n) is 6.98. The van der Waals surface area contributed by atoms with Crippen molar-refractivity contribution in [3.8, 4) is 5.75 Å². The van der Waals surface area contributed by atoms with Crippen LogP contribution in [-0.2, 0) is 27.3 Å². The van der Waals surface area contributed by atoms with Gasteiger partial charge in [0.2, 0.25) is 0 Å². The van der Waals surface area contributed by atoms with Gasteiger partial charge in [-0.25, -0.2) is 4.79 Å². The molecule has 1 N–H and O–H groups in total. The van der Waals surface area contributed by atoms with Gasteiger partial charge in [0.1, 0.15) is 5.75 Å². The Morgan fingerprint density at radius 2 is 1.65 bits per heavy atom. The van der Waals surface area contributed by atoms with Crippen LogP contribution in [0.1, 0.15) is 36.8 Å². The zero-order valence-corrected chi connectivity index (χ0v) is 17.1. The highest BCUT2D eigenvalue weighted by Gasteiger charge is 2.42. The van der Waals surface area contributed by atoms with Crippen LogP contribution < -0.4 is 10.1 Å². The maximum Gasteiger partial charge on any atom is 0.491 e. The van der Waals surface area contributed by atoms with Crippen molar-refractivity contribution >= 4 is 11.9 Å². The highest BCUT2D eigenvalue weighted by Crippen LogP contribution is 2.17. The van der Waals surface area contributed by atoms with Crippen molar-refractivity contribution in [3.63, 3.8) is 0 Å². The minimum Gasteiger partial charge on any atom is -0.494 e. The van der Waals surface area contributed by atoms with Crippen LogP contribution in [0.4, 0.5) is 13.2 Å². The standard InChI is InChI=1S/C23H26F3NO4/c24-23(25,26)22(29)31-21(28)13-14-27-17-19-11-7-12-20(16-19)30-15-6-2-5-10-18-8-3-1-4-9-18/h1,3-4,7-9,11-12,16,27H,2,5-6,10,13-15,17H2. The number of hydrogen-bond donors (Lipinski definition) is 1. The monoisotopic (exact) mass is 437 g/mol. The Morgan fingerprint density at radius 1 is 0.903 bits per heavy atom. The molecule has 0 aliphatic rings. The Bertz CT molecular complexity index is 825. The zero-order valence-electron chi connectivity index (χ0n) is 17.1. The summed E-state index contributed by atoms with van der Waals surface area (Å²) in [5, 5.41) is 2.92. The minimum absolute atomic E-state index is 0.0798. The van der Waals surface area contributed by atoms with Crippen molar-refractivity contribution in [1.82, 2.24) is 5.32 Å². The van der Waals surface area contributed by atoms with Crippen molar-refractivity contribution in [2.75, 3.05) is 13.2 Å². The molecule has 0 fully saturated rings. The van der Waals surface area contributed by atoms with Crippen LogP contribution in [0.15, 0.2) is 54.6 Å². The van der Waals surface area contributed by atoms with Crippen molar-refractivity contribution in [1.29, 1.82) is 0 Å². The maximum atomic E-state index is 12.0. The molecular formula is C23H26F3NO4. The summed E-state index contributed by atoms with van der Waals surface area (Å²) in [6, 6.07) is 17.8. The average molecular weight is 437 g/mol. The van der Waals surface area contributed by atoms with E-state index in [1.807, 2.05) is 42.5 Å². The number of ether oxygens (including phenoxy) is 2. The molecule has 0 aliphatic carbocycles. The van der Waals surface area contributed by atoms with Gasteiger partial charge in [0.05, 0.1) is 13.0 Å². The SMILES string of the molecule is O=C(CCNCc1cccc(OCCCCCc2ccccc2)c1)OC(=O)C(F)(F)F. The summed E-state index contributed by atoms with van der Waals surface area (Å²) in [5.41, 5.74) is 2.24. The number of hydrogen-bond acceptors (Lipinski definition) is 5. The number of aryl methyl sites for hydroxylation is 1. The Hall–Kier alpha value is -2.87. The number of halogens is 3. The van der Waals surface area contributed by atoms with E-state index in [4.69, 9.17) is 4.74 Å². The van der Waals surface area contributed by atoms with Crippen LogP contribution in [0.5, 0.6) is 5.75 Å². The van der Waals surface area contributed by atoms with E-state index in [1.165, 1.54) is 5.56 Å². The minimum atomic E-state index is -5.18. The van der Waals surface area contributed by atoms with E-state index < -0.39 is 18.1 Å². The first-order chi connectivity index (χ1) is 14.8. The summed E-state index contributed by atoms with van der Waals surface area (Å²) < 4.78 is 45.6. The molecule has 0 amide bonds. The lowest BCUT2D eigenvalue weighted by Crippen LogP contribution is -2.29. The fourth-order valence-electron chi connectivity index (χ4n) is 2.82. The predicted molar refractivity (Wildman–Crippen MR) is 109 cm³/mol. The first-order valence-corrected chi connectivity index (χ1v) is 10.1. The fraction of sp³-hybridized carbons (Fsp3) is 0.391. The van der Waals surface area contributed by atoms with Crippen LogP contribution in [-0.4, -0.2) is 31.3 Å². The van der Waals surface area contributed by atoms with Gasteiger partial charge in [-0.15, -0.1) is 0 Å². The molecule has 2 aromatic carbocycles. The van der Waals surface area contributed by atoms with Gasteiger partial charge in [-0.1, -0.05) is 42.5 Å². The third-order valence-corrected chi connectivity index (χ3v) is 4.39. The van der Waals surface area contributed by atoms with E-state index in [2.05, 4.69) is 22.2 Å². The smallest absolute Gasteiger partial charge is 0.491 e. The van der Waals surface area contributed by atoms with Crippen LogP contribution in [0.3, 0.4) is 0 Å². The van der Waals surface area contributed by atoms with E-state index in [1.54, 1.807) is 0 Å². The Kier molecular flexibility index (Phi) is 10.0. The van der Waals surface area contributed by atoms with E-state index in [9.17, 15) is 22.8 Å². The average Bonchev–Trinajstić information content (AvgIpc) is 2.74. The summed E-state index contributed by atoms with van der Waals surface area (Å²) in [6.45, 7) is 1.09. The van der Waals surface area contributed by atoms with Gasteiger partial charge in [0.25, 0.3) is 0 Å². The molecule has 0 aliphatic heterocycles. The van der Waals surface area contributed by atoms with Crippen LogP contribution in [0.2, 0.25) is 0 Å². The van der Waals surface area contributed by atoms with Gasteiger partial charge >= 0.3 is 18.1 Å². The van der Waals surface area contributed by atoms with Crippen LogP contribution >= 0.6 is 0 Å². The lowest BCUT2D eigenvalue weighted by atomic mass is 10.1. The lowest BCUT2D eigenvalue weighted by Gasteiger charge is -2.09. The van der Waals surface area contributed by atoms with Crippen molar-refractivity contribution in [2.45, 2.75) is 44.8 Å². The first kappa shape index (κ1) is 24.4. The zero-order chi connectivity index (χ0) is 22.5. The van der Waals surface area contributed by atoms with E-state index in [-0.39, 0.29) is 13.0 Å². The molecule has 8 heteroatoms. The summed E-state index contributed by atoms with van der Waals surface area (Å²) >= 11 is 0. The summed E-state index contributed by atoms with van der Waals surface area (Å²) in [4.78, 5) is 21.8. The Morgan fingerprint density at radius 3 is 2.39 bits per heavy atom. The highest BCUT2D eigenvalue weighted by molar-refractivity contribution is 5.88. The molecule has 0 saturated carbocycles. The van der Waals surface area contributed by atoms with E-state index in [0.29, 0.717) is 13.2 Å². The molecule has 0 radical (unpaired) electrons. The number of carbonyl (C=O) groups excluding carboxylic acids is 2. The molecule has 0 unspecified atom stereocenters. The molecule has 5 nitrogen and oxygen atoms in total. The molecule has 0 atom stereocenters. The van der Waals surface area contributed by atoms with Gasteiger partial charge in [0, 0.05) is 13.1 Å². The van der Waals surface area contributed by atoms with Gasteiger partial charge in [-0.05, 0) is 48.9 Å². The second kappa shape index (κ2) is 12.7. The fourth-order valence-corrected chi connectivity index (χ4v) is 2.82. The van der Waals surface area contributed by atoms with Gasteiger partial charge in [-0.2, -0.15) is 13.2 Å². The molecule has 0 bridgehead atoms. The number of esters is 2. The van der Waals surface area contributed by atoms with Gasteiger partial charge < -0.3 is 14.8 Å². The molecule has 0 saturated heterocycles. The topological polar surface area (TPSA) is 64.6 Å². The van der Waals surface area contributed by atoms with Crippen LogP contribution in [0.25, 0.3) is 0 Å². The molecule has 0 aromatic heterocycles. The number of carbonyl (C=O) groups is 2. The molecule has 2 aromatic rings. The molecule has 31 heavy (non-hydrogen) atoms. The molecule has 2 rings (SSSR count). The Labute approximate surface area is 179 Å². The molecule has 0 heterocycles. The van der Waals surface area contributed by atoms with Crippen molar-refractivity contribution in [3.05, 3.63) is 65.7 Å². The van der Waals surface area contributed by atoms with Crippen molar-refractivity contribution < 1.29 is 32.2 Å². The summed E-state index contributed by atoms with van der Waals surface area (Å²) in [5.74, 6) is -2.99. The summed E-state index contributed by atoms with van der Waals surface area (Å²) in [7, 11) is 0. The van der Waals surface area contributed by atoms with E-state index >= 15 is 0 Å². The summed E-state index contributed by atoms with van der Waals surface area (Å²) in [6.07, 6.45) is -1.34. The third kappa shape index (κ3) is 10.1. The number of benzene rings is 2. The second-order valence-corrected chi connectivity index (χ2v) is 6.98. The third-order valence-electron chi connectivity index (χ3n) is 4.39. The van der Waals surface area contributed by atoms with E-state index in [0.717, 1.165) is 37.0 Å². The largest absolute Gasteiger partial charge is 0.494 e. The maximum absolute atomic E-state index is 12.0. The normalized spacial score (nSPS) is 11.2. The lowest BCUT2D eigenvalue weighted by molar-refractivity contribution is -0.201. The quantitative estimate of drug-likeness (QED) is 0.299. The highest BCUT2D eigenvalue weighted by atomic mass is 19.4. The van der Waals surface area contributed by atoms with Gasteiger partial charge in [-0.3, -0.25) is 4.79 Å². The Balaban J connectivity index is 1.58. The number of alkyl halides is 3. The predicted octanol–water partition coefficient (Wildman–Crippen LogP) is 4.59. The molecule has 0 spiro atoms. The van der Waals surface area contributed by atoms with Crippen LogP contribution in [0, 0.1) is 0 Å². The molecular weight excluding hydrogens is 411 g/mol. The number of nitrogens with one attached hydrogen (secondary N) is 1. The number of rotatable bonds is 12. The number of unbranched alkanes of at least 4 members (excludes halogenated alkanes) is 2. The van der Waals surface area contributed by atoms with Gasteiger partial charge in [0.15, 0.2) is 0 Å². The first-order valence-electron chi connectivity index (χ1n) is 10.1. The molecule has 168 valence electrons. The van der Waals surface area contributed by atoms with Crippen molar-refractivity contribution in [2.24, 2.45) is 0 Å².